The summed E-state index contributed by atoms with van der Waals surface area (Å²) in [4.78, 5) is 26.9. The topological polar surface area (TPSA) is 106 Å². The number of rotatable bonds is 17. The number of amides is 1. The first-order chi connectivity index (χ1) is 21.5. The molecule has 0 aromatic heterocycles. The number of benzene rings is 4. The summed E-state index contributed by atoms with van der Waals surface area (Å²) in [7, 11) is 0. The molecule has 8 nitrogen and oxygen atoms in total. The van der Waals surface area contributed by atoms with Gasteiger partial charge in [-0.05, 0) is 22.3 Å². The van der Waals surface area contributed by atoms with Gasteiger partial charge < -0.3 is 24.4 Å². The van der Waals surface area contributed by atoms with Gasteiger partial charge in [0.05, 0.1) is 44.5 Å². The maximum atomic E-state index is 13.9. The molecule has 230 valence electrons. The first-order valence-corrected chi connectivity index (χ1v) is 14.7. The van der Waals surface area contributed by atoms with Crippen LogP contribution in [-0.2, 0) is 45.4 Å². The Kier molecular flexibility index (Phi) is 12.9. The molecule has 0 aliphatic heterocycles. The molecule has 0 spiro atoms. The van der Waals surface area contributed by atoms with Crippen molar-refractivity contribution in [3.63, 3.8) is 0 Å². The Morgan fingerprint density at radius 1 is 0.659 bits per heavy atom. The second-order valence-corrected chi connectivity index (χ2v) is 10.5. The fourth-order valence-corrected chi connectivity index (χ4v) is 4.84. The van der Waals surface area contributed by atoms with E-state index in [4.69, 9.17) is 14.2 Å². The van der Waals surface area contributed by atoms with Gasteiger partial charge in [-0.2, -0.15) is 0 Å². The average molecular weight is 598 g/mol. The molecule has 4 aromatic carbocycles. The third kappa shape index (κ3) is 11.0. The van der Waals surface area contributed by atoms with Gasteiger partial charge in [0.2, 0.25) is 0 Å². The molecule has 4 aromatic rings. The zero-order chi connectivity index (χ0) is 31.0. The van der Waals surface area contributed by atoms with E-state index in [-0.39, 0.29) is 32.8 Å². The van der Waals surface area contributed by atoms with Crippen LogP contribution in [-0.4, -0.2) is 52.0 Å². The van der Waals surface area contributed by atoms with Gasteiger partial charge in [0.1, 0.15) is 6.61 Å². The van der Waals surface area contributed by atoms with Crippen molar-refractivity contribution in [2.75, 3.05) is 6.61 Å². The molecule has 2 N–H and O–H groups in total. The largest absolute Gasteiger partial charge is 0.481 e. The van der Waals surface area contributed by atoms with E-state index in [0.717, 1.165) is 22.3 Å². The van der Waals surface area contributed by atoms with Crippen molar-refractivity contribution >= 4 is 12.1 Å². The number of carbonyl (C=O) groups is 2. The van der Waals surface area contributed by atoms with Crippen molar-refractivity contribution in [1.29, 1.82) is 0 Å². The summed E-state index contributed by atoms with van der Waals surface area (Å²) in [6.07, 6.45) is -3.06. The van der Waals surface area contributed by atoms with E-state index in [0.29, 0.717) is 6.61 Å². The Hall–Kier alpha value is -4.50. The normalized spacial score (nSPS) is 13.0. The lowest BCUT2D eigenvalue weighted by Crippen LogP contribution is -2.51. The summed E-state index contributed by atoms with van der Waals surface area (Å²) < 4.78 is 18.4. The summed E-state index contributed by atoms with van der Waals surface area (Å²) in [5.74, 6) is -1.13. The number of hydrogen-bond donors (Lipinski definition) is 2. The summed E-state index contributed by atoms with van der Waals surface area (Å²) in [5.41, 5.74) is 3.56. The van der Waals surface area contributed by atoms with Gasteiger partial charge in [-0.1, -0.05) is 121 Å². The summed E-state index contributed by atoms with van der Waals surface area (Å²) >= 11 is 0. The molecule has 0 aliphatic rings. The fourth-order valence-electron chi connectivity index (χ4n) is 4.84. The maximum Gasteiger partial charge on any atom is 0.410 e. The quantitative estimate of drug-likeness (QED) is 0.149. The minimum atomic E-state index is -1.20. The highest BCUT2D eigenvalue weighted by Crippen LogP contribution is 2.22. The average Bonchev–Trinajstić information content (AvgIpc) is 3.05. The lowest BCUT2D eigenvalue weighted by Gasteiger charge is -2.37. The Balaban J connectivity index is 1.65. The smallest absolute Gasteiger partial charge is 0.410 e. The lowest BCUT2D eigenvalue weighted by molar-refractivity contribution is -0.140. The van der Waals surface area contributed by atoms with Crippen LogP contribution in [0.5, 0.6) is 0 Å². The van der Waals surface area contributed by atoms with Gasteiger partial charge in [0.15, 0.2) is 0 Å². The van der Waals surface area contributed by atoms with Crippen LogP contribution in [0.1, 0.15) is 35.1 Å². The second kappa shape index (κ2) is 17.6. The molecule has 0 heterocycles. The third-order valence-electron chi connectivity index (χ3n) is 7.09. The first-order valence-electron chi connectivity index (χ1n) is 14.7. The highest BCUT2D eigenvalue weighted by atomic mass is 16.6. The highest BCUT2D eigenvalue weighted by molar-refractivity contribution is 5.68. The van der Waals surface area contributed by atoms with Crippen molar-refractivity contribution < 1.29 is 34.0 Å². The van der Waals surface area contributed by atoms with Gasteiger partial charge in [0.25, 0.3) is 0 Å². The van der Waals surface area contributed by atoms with E-state index in [2.05, 4.69) is 0 Å². The van der Waals surface area contributed by atoms with Gasteiger partial charge in [-0.15, -0.1) is 0 Å². The zero-order valence-electron chi connectivity index (χ0n) is 24.6. The number of nitrogens with zero attached hydrogens (tertiary/aromatic N) is 1. The van der Waals surface area contributed by atoms with Crippen LogP contribution < -0.4 is 0 Å². The van der Waals surface area contributed by atoms with Gasteiger partial charge in [0, 0.05) is 13.0 Å². The lowest BCUT2D eigenvalue weighted by atomic mass is 10.0. The molecule has 0 radical (unpaired) electrons. The predicted molar refractivity (Wildman–Crippen MR) is 166 cm³/mol. The van der Waals surface area contributed by atoms with E-state index in [1.54, 1.807) is 4.90 Å². The molecular formula is C36H39NO7. The van der Waals surface area contributed by atoms with Gasteiger partial charge in [-0.25, -0.2) is 4.79 Å². The van der Waals surface area contributed by atoms with E-state index >= 15 is 0 Å². The van der Waals surface area contributed by atoms with Crippen LogP contribution in [0.3, 0.4) is 0 Å². The molecule has 0 unspecified atom stereocenters. The summed E-state index contributed by atoms with van der Waals surface area (Å²) in [6.45, 7) is 0.798. The Bertz CT molecular complexity index is 1390. The molecule has 3 atom stereocenters. The Morgan fingerprint density at radius 2 is 1.14 bits per heavy atom. The fraction of sp³-hybridized carbons (Fsp3) is 0.278. The van der Waals surface area contributed by atoms with Crippen LogP contribution >= 0.6 is 0 Å². The molecule has 0 fully saturated rings. The standard InChI is InChI=1S/C36H39NO7/c38-32(22-35(39)40)21-34(43-25-30-17-9-3-10-18-30)33(27-42-24-29-15-7-2-8-16-29)37(23-28-13-5-1-6-14-28)36(41)44-26-31-19-11-4-12-20-31/h1-20,32-34,38H,21-27H2,(H,39,40)/t32-,33-,34-/m0/s1. The molecule has 0 aliphatic carbocycles. The number of carboxylic acids is 1. The molecule has 4 rings (SSSR count). The molecule has 0 saturated carbocycles. The van der Waals surface area contributed by atoms with E-state index in [1.165, 1.54) is 0 Å². The summed E-state index contributed by atoms with van der Waals surface area (Å²) in [6, 6.07) is 37.4. The van der Waals surface area contributed by atoms with Crippen LogP contribution in [0, 0.1) is 0 Å². The molecule has 44 heavy (non-hydrogen) atoms. The van der Waals surface area contributed by atoms with Crippen molar-refractivity contribution in [2.24, 2.45) is 0 Å². The van der Waals surface area contributed by atoms with Crippen LogP contribution in [0.15, 0.2) is 121 Å². The number of aliphatic carboxylic acids is 1. The molecule has 0 bridgehead atoms. The van der Waals surface area contributed by atoms with Crippen molar-refractivity contribution in [2.45, 2.75) is 57.5 Å². The number of carbonyl (C=O) groups excluding carboxylic acids is 1. The predicted octanol–water partition coefficient (Wildman–Crippen LogP) is 6.22. The third-order valence-corrected chi connectivity index (χ3v) is 7.09. The minimum Gasteiger partial charge on any atom is -0.481 e. The van der Waals surface area contributed by atoms with Crippen molar-refractivity contribution in [3.8, 4) is 0 Å². The van der Waals surface area contributed by atoms with Crippen molar-refractivity contribution in [1.82, 2.24) is 4.90 Å². The van der Waals surface area contributed by atoms with E-state index in [1.807, 2.05) is 121 Å². The monoisotopic (exact) mass is 597 g/mol. The molecular weight excluding hydrogens is 558 g/mol. The number of aliphatic hydroxyl groups is 1. The number of aliphatic hydroxyl groups excluding tert-OH is 1. The SMILES string of the molecule is O=C(O)C[C@@H](O)C[C@H](OCc1ccccc1)[C@H](COCc1ccccc1)N(Cc1ccccc1)C(=O)OCc1ccccc1. The zero-order valence-corrected chi connectivity index (χ0v) is 24.6. The van der Waals surface area contributed by atoms with E-state index in [9.17, 15) is 19.8 Å². The van der Waals surface area contributed by atoms with Crippen LogP contribution in [0.2, 0.25) is 0 Å². The first kappa shape index (κ1) is 32.4. The van der Waals surface area contributed by atoms with Crippen LogP contribution in [0.4, 0.5) is 4.79 Å². The maximum absolute atomic E-state index is 13.9. The Labute approximate surface area is 258 Å². The summed E-state index contributed by atoms with van der Waals surface area (Å²) in [5, 5.41) is 20.1. The molecule has 8 heteroatoms. The van der Waals surface area contributed by atoms with Crippen LogP contribution in [0.25, 0.3) is 0 Å². The van der Waals surface area contributed by atoms with E-state index < -0.39 is 36.7 Å². The number of ether oxygens (including phenoxy) is 3. The van der Waals surface area contributed by atoms with Crippen molar-refractivity contribution in [3.05, 3.63) is 144 Å². The second-order valence-electron chi connectivity index (χ2n) is 10.5. The number of hydrogen-bond acceptors (Lipinski definition) is 6. The minimum absolute atomic E-state index is 0.0320. The molecule has 0 saturated heterocycles. The Morgan fingerprint density at radius 3 is 1.66 bits per heavy atom. The highest BCUT2D eigenvalue weighted by Gasteiger charge is 2.35. The van der Waals surface area contributed by atoms with Gasteiger partial charge in [-0.3, -0.25) is 9.69 Å². The molecule has 1 amide bonds. The number of carboxylic acid groups (broad SMARTS) is 1. The van der Waals surface area contributed by atoms with Gasteiger partial charge >= 0.3 is 12.1 Å².